The van der Waals surface area contributed by atoms with E-state index in [1.165, 1.54) is 51.4 Å². The van der Waals surface area contributed by atoms with Crippen molar-refractivity contribution in [1.82, 2.24) is 4.98 Å². The van der Waals surface area contributed by atoms with Crippen molar-refractivity contribution >= 4 is 5.97 Å². The zero-order valence-corrected chi connectivity index (χ0v) is 27.5. The van der Waals surface area contributed by atoms with Crippen molar-refractivity contribution in [2.75, 3.05) is 19.8 Å². The van der Waals surface area contributed by atoms with E-state index in [1.54, 1.807) is 12.1 Å². The summed E-state index contributed by atoms with van der Waals surface area (Å²) in [6, 6.07) is 19.3. The highest BCUT2D eigenvalue weighted by atomic mass is 19.4. The van der Waals surface area contributed by atoms with Gasteiger partial charge in [0.15, 0.2) is 6.10 Å². The lowest BCUT2D eigenvalue weighted by molar-refractivity contribution is -0.214. The van der Waals surface area contributed by atoms with Crippen molar-refractivity contribution in [2.24, 2.45) is 0 Å². The number of carbonyl (C=O) groups is 1. The van der Waals surface area contributed by atoms with E-state index in [0.717, 1.165) is 54.5 Å². The van der Waals surface area contributed by atoms with Crippen molar-refractivity contribution < 1.29 is 32.2 Å². The average Bonchev–Trinajstić information content (AvgIpc) is 3.06. The molecule has 0 fully saturated rings. The van der Waals surface area contributed by atoms with Gasteiger partial charge >= 0.3 is 12.1 Å². The van der Waals surface area contributed by atoms with E-state index in [-0.39, 0.29) is 13.2 Å². The summed E-state index contributed by atoms with van der Waals surface area (Å²) in [5.74, 6) is 0.479. The minimum atomic E-state index is -4.33. The molecule has 0 amide bonds. The molecule has 0 radical (unpaired) electrons. The summed E-state index contributed by atoms with van der Waals surface area (Å²) in [5.41, 5.74) is 4.23. The van der Waals surface area contributed by atoms with Crippen LogP contribution in [0, 0.1) is 0 Å². The number of halogens is 3. The minimum absolute atomic E-state index is 0.0619. The first-order chi connectivity index (χ1) is 22.3. The monoisotopic (exact) mass is 641 g/mol. The minimum Gasteiger partial charge on any atom is -0.494 e. The third kappa shape index (κ3) is 13.9. The third-order valence-corrected chi connectivity index (χ3v) is 7.98. The first kappa shape index (κ1) is 37.1. The number of unbranched alkanes of at least 4 members (excludes halogenated alkanes) is 11. The number of alkyl halides is 3. The molecular weight excluding hydrogens is 591 g/mol. The molecule has 1 atom stereocenters. The van der Waals surface area contributed by atoms with Crippen LogP contribution in [-0.2, 0) is 9.47 Å². The van der Waals surface area contributed by atoms with Gasteiger partial charge in [-0.3, -0.25) is 4.98 Å². The van der Waals surface area contributed by atoms with Crippen LogP contribution in [0.25, 0.3) is 22.4 Å². The highest BCUT2D eigenvalue weighted by Crippen LogP contribution is 2.26. The molecule has 0 aliphatic rings. The first-order valence-electron chi connectivity index (χ1n) is 16.9. The second-order valence-electron chi connectivity index (χ2n) is 11.8. The Labute approximate surface area is 272 Å². The second kappa shape index (κ2) is 20.7. The Kier molecular flexibility index (Phi) is 16.7. The smallest absolute Gasteiger partial charge is 0.414 e. The summed E-state index contributed by atoms with van der Waals surface area (Å²) >= 11 is 0. The Balaban J connectivity index is 1.32. The molecule has 3 rings (SSSR count). The van der Waals surface area contributed by atoms with Gasteiger partial charge in [-0.15, -0.1) is 0 Å². The molecular formula is C38H50F3NO4. The van der Waals surface area contributed by atoms with Crippen LogP contribution in [0.3, 0.4) is 0 Å². The largest absolute Gasteiger partial charge is 0.494 e. The molecule has 2 aromatic carbocycles. The number of carbonyl (C=O) groups excluding carboxylic acids is 1. The molecule has 1 unspecified atom stereocenters. The molecule has 5 nitrogen and oxygen atoms in total. The van der Waals surface area contributed by atoms with E-state index in [4.69, 9.17) is 14.2 Å². The Morgan fingerprint density at radius 3 is 1.80 bits per heavy atom. The van der Waals surface area contributed by atoms with E-state index in [2.05, 4.69) is 24.0 Å². The van der Waals surface area contributed by atoms with Crippen LogP contribution in [-0.4, -0.2) is 43.1 Å². The van der Waals surface area contributed by atoms with E-state index in [1.807, 2.05) is 42.6 Å². The molecule has 1 heterocycles. The van der Waals surface area contributed by atoms with Crippen molar-refractivity contribution in [3.05, 3.63) is 72.4 Å². The van der Waals surface area contributed by atoms with Gasteiger partial charge in [-0.2, -0.15) is 13.2 Å². The lowest BCUT2D eigenvalue weighted by Gasteiger charge is -2.16. The fraction of sp³-hybridized carbons (Fsp3) is 0.526. The fourth-order valence-corrected chi connectivity index (χ4v) is 5.02. The molecule has 0 N–H and O–H groups in total. The van der Waals surface area contributed by atoms with Gasteiger partial charge in [-0.05, 0) is 68.5 Å². The molecule has 0 spiro atoms. The Bertz CT molecular complexity index is 1240. The van der Waals surface area contributed by atoms with E-state index < -0.39 is 18.2 Å². The molecule has 0 bridgehead atoms. The van der Waals surface area contributed by atoms with Gasteiger partial charge in [0.05, 0.1) is 24.5 Å². The van der Waals surface area contributed by atoms with Crippen molar-refractivity contribution in [3.8, 4) is 28.1 Å². The number of ether oxygens (including phenoxy) is 3. The van der Waals surface area contributed by atoms with Crippen LogP contribution < -0.4 is 4.74 Å². The Hall–Kier alpha value is -3.39. The predicted octanol–water partition coefficient (Wildman–Crippen LogP) is 11.0. The highest BCUT2D eigenvalue weighted by molar-refractivity contribution is 5.90. The van der Waals surface area contributed by atoms with Crippen LogP contribution in [0.4, 0.5) is 13.2 Å². The fourth-order valence-electron chi connectivity index (χ4n) is 5.02. The average molecular weight is 642 g/mol. The van der Waals surface area contributed by atoms with Crippen molar-refractivity contribution in [2.45, 2.75) is 110 Å². The molecule has 0 saturated carbocycles. The van der Waals surface area contributed by atoms with Gasteiger partial charge in [0, 0.05) is 23.9 Å². The van der Waals surface area contributed by atoms with Crippen LogP contribution >= 0.6 is 0 Å². The summed E-state index contributed by atoms with van der Waals surface area (Å²) in [5, 5.41) is 0. The Morgan fingerprint density at radius 1 is 0.674 bits per heavy atom. The van der Waals surface area contributed by atoms with Gasteiger partial charge in [-0.1, -0.05) is 95.0 Å². The SMILES string of the molecule is CCCCCCCCCCCOc1ccc(-c2ccc(-c3ccc(C(=O)OCCCCCCOC(C)C(F)(F)F)cc3)nc2)cc1. The van der Waals surface area contributed by atoms with Gasteiger partial charge in [0.2, 0.25) is 0 Å². The summed E-state index contributed by atoms with van der Waals surface area (Å²) < 4.78 is 53.4. The second-order valence-corrected chi connectivity index (χ2v) is 11.8. The van der Waals surface area contributed by atoms with E-state index in [0.29, 0.717) is 24.8 Å². The topological polar surface area (TPSA) is 57.7 Å². The molecule has 46 heavy (non-hydrogen) atoms. The zero-order chi connectivity index (χ0) is 33.0. The van der Waals surface area contributed by atoms with Gasteiger partial charge in [0.25, 0.3) is 0 Å². The maximum absolute atomic E-state index is 12.4. The lowest BCUT2D eigenvalue weighted by Crippen LogP contribution is -2.28. The number of benzene rings is 2. The number of hydrogen-bond acceptors (Lipinski definition) is 5. The summed E-state index contributed by atoms with van der Waals surface area (Å²) in [6.45, 7) is 4.33. The number of hydrogen-bond donors (Lipinski definition) is 0. The highest BCUT2D eigenvalue weighted by Gasteiger charge is 2.36. The van der Waals surface area contributed by atoms with Crippen molar-refractivity contribution in [1.29, 1.82) is 0 Å². The molecule has 1 aromatic heterocycles. The molecule has 0 saturated heterocycles. The Morgan fingerprint density at radius 2 is 1.22 bits per heavy atom. The normalized spacial score (nSPS) is 12.2. The maximum Gasteiger partial charge on any atom is 0.414 e. The van der Waals surface area contributed by atoms with Gasteiger partial charge in [-0.25, -0.2) is 4.79 Å². The number of nitrogens with zero attached hydrogens (tertiary/aromatic N) is 1. The number of rotatable bonds is 22. The standard InChI is InChI=1S/C38H50F3NO4/c1-3-4-5-6-7-8-9-10-14-27-45-35-23-20-31(21-24-35)34-22-25-36(42-29-34)32-16-18-33(19-17-32)37(43)46-28-15-12-11-13-26-44-30(2)38(39,40)41/h16-25,29-30H,3-15,26-28H2,1-2H3. The number of esters is 1. The third-order valence-electron chi connectivity index (χ3n) is 7.98. The lowest BCUT2D eigenvalue weighted by atomic mass is 10.0. The predicted molar refractivity (Wildman–Crippen MR) is 178 cm³/mol. The van der Waals surface area contributed by atoms with Gasteiger partial charge < -0.3 is 14.2 Å². The van der Waals surface area contributed by atoms with Crippen molar-refractivity contribution in [3.63, 3.8) is 0 Å². The molecule has 252 valence electrons. The number of pyridine rings is 1. The van der Waals surface area contributed by atoms with Crippen LogP contribution in [0.5, 0.6) is 5.75 Å². The van der Waals surface area contributed by atoms with Crippen LogP contribution in [0.1, 0.15) is 108 Å². The maximum atomic E-state index is 12.4. The zero-order valence-electron chi connectivity index (χ0n) is 27.5. The summed E-state index contributed by atoms with van der Waals surface area (Å²) in [6.07, 6.45) is 10.1. The van der Waals surface area contributed by atoms with Crippen LogP contribution in [0.15, 0.2) is 66.9 Å². The van der Waals surface area contributed by atoms with E-state index >= 15 is 0 Å². The van der Waals surface area contributed by atoms with E-state index in [9.17, 15) is 18.0 Å². The quantitative estimate of drug-likeness (QED) is 0.0807. The summed E-state index contributed by atoms with van der Waals surface area (Å²) in [7, 11) is 0. The number of aromatic nitrogens is 1. The first-order valence-corrected chi connectivity index (χ1v) is 16.9. The van der Waals surface area contributed by atoms with Crippen LogP contribution in [0.2, 0.25) is 0 Å². The molecule has 3 aromatic rings. The molecule has 8 heteroatoms. The molecule has 0 aliphatic heterocycles. The molecule has 0 aliphatic carbocycles. The van der Waals surface area contributed by atoms with Gasteiger partial charge in [0.1, 0.15) is 5.75 Å². The summed E-state index contributed by atoms with van der Waals surface area (Å²) in [4.78, 5) is 17.0.